The van der Waals surface area contributed by atoms with Crippen LogP contribution >= 0.6 is 0 Å². The quantitative estimate of drug-likeness (QED) is 0.514. The van der Waals surface area contributed by atoms with E-state index in [1.807, 2.05) is 18.2 Å². The predicted octanol–water partition coefficient (Wildman–Crippen LogP) is 4.74. The first-order valence-electron chi connectivity index (χ1n) is 10.8. The number of aromatic nitrogens is 1. The number of nitrogens with zero attached hydrogens (tertiary/aromatic N) is 2. The van der Waals surface area contributed by atoms with Crippen molar-refractivity contribution in [1.29, 1.82) is 5.26 Å². The molecule has 3 aromatic rings. The van der Waals surface area contributed by atoms with Gasteiger partial charge in [-0.15, -0.1) is 0 Å². The van der Waals surface area contributed by atoms with Crippen molar-refractivity contribution in [1.82, 2.24) is 10.3 Å². The maximum atomic E-state index is 9.03. The monoisotopic (exact) mass is 417 g/mol. The van der Waals surface area contributed by atoms with Crippen LogP contribution in [0.25, 0.3) is 28.1 Å². The van der Waals surface area contributed by atoms with Gasteiger partial charge in [-0.3, -0.25) is 0 Å². The Balaban J connectivity index is 1.72. The number of benzene rings is 2. The lowest BCUT2D eigenvalue weighted by molar-refractivity contribution is 0.291. The molecule has 2 aromatic carbocycles. The van der Waals surface area contributed by atoms with Crippen molar-refractivity contribution in [3.05, 3.63) is 53.1 Å². The van der Waals surface area contributed by atoms with Crippen molar-refractivity contribution in [2.24, 2.45) is 0 Å². The molecular formula is C25H27N3O3. The highest BCUT2D eigenvalue weighted by molar-refractivity contribution is 5.81. The number of oxazole rings is 1. The molecule has 1 aromatic heterocycles. The molecule has 0 aliphatic heterocycles. The first kappa shape index (κ1) is 21.1. The molecule has 160 valence electrons. The summed E-state index contributed by atoms with van der Waals surface area (Å²) in [6.45, 7) is 3.11. The fraction of sp³-hybridized carbons (Fsp3) is 0.360. The van der Waals surface area contributed by atoms with Crippen LogP contribution in [0.1, 0.15) is 42.4 Å². The van der Waals surface area contributed by atoms with E-state index in [0.29, 0.717) is 30.3 Å². The number of fused-ring (bicyclic) bond motifs is 1. The Hall–Kier alpha value is -3.14. The molecule has 0 atom stereocenters. The Morgan fingerprint density at radius 3 is 2.90 bits per heavy atom. The van der Waals surface area contributed by atoms with Crippen LogP contribution in [0.3, 0.4) is 0 Å². The topological polar surface area (TPSA) is 91.3 Å². The van der Waals surface area contributed by atoms with Crippen molar-refractivity contribution >= 4 is 16.7 Å². The van der Waals surface area contributed by atoms with Crippen molar-refractivity contribution in [3.8, 4) is 23.3 Å². The molecule has 1 heterocycles. The van der Waals surface area contributed by atoms with Crippen LogP contribution in [0, 0.1) is 18.3 Å². The Bertz CT molecular complexity index is 1140. The largest absolute Gasteiger partial charge is 0.478 e. The number of hydrogen-bond acceptors (Lipinski definition) is 6. The van der Waals surface area contributed by atoms with Crippen LogP contribution in [0.15, 0.2) is 40.8 Å². The van der Waals surface area contributed by atoms with E-state index >= 15 is 0 Å². The third-order valence-corrected chi connectivity index (χ3v) is 5.67. The summed E-state index contributed by atoms with van der Waals surface area (Å²) in [5.41, 5.74) is 7.07. The van der Waals surface area contributed by atoms with Gasteiger partial charge in [0.1, 0.15) is 17.3 Å². The van der Waals surface area contributed by atoms with E-state index in [-0.39, 0.29) is 13.2 Å². The van der Waals surface area contributed by atoms with Gasteiger partial charge in [0, 0.05) is 30.3 Å². The fourth-order valence-corrected chi connectivity index (χ4v) is 4.10. The van der Waals surface area contributed by atoms with Gasteiger partial charge in [-0.1, -0.05) is 18.2 Å². The number of aliphatic hydroxyl groups is 1. The van der Waals surface area contributed by atoms with Crippen LogP contribution in [0.2, 0.25) is 0 Å². The second-order valence-electron chi connectivity index (χ2n) is 7.75. The zero-order valence-electron chi connectivity index (χ0n) is 17.8. The van der Waals surface area contributed by atoms with Gasteiger partial charge in [0.15, 0.2) is 12.2 Å². The smallest absolute Gasteiger partial charge is 0.227 e. The molecule has 0 radical (unpaired) electrons. The van der Waals surface area contributed by atoms with Gasteiger partial charge in [-0.2, -0.15) is 5.26 Å². The molecule has 6 heteroatoms. The molecule has 0 fully saturated rings. The number of ether oxygens (including phenoxy) is 1. The van der Waals surface area contributed by atoms with Gasteiger partial charge >= 0.3 is 0 Å². The molecule has 0 saturated heterocycles. The van der Waals surface area contributed by atoms with Gasteiger partial charge in [0.25, 0.3) is 0 Å². The molecule has 0 amide bonds. The summed E-state index contributed by atoms with van der Waals surface area (Å²) >= 11 is 0. The summed E-state index contributed by atoms with van der Waals surface area (Å²) in [5, 5.41) is 21.1. The summed E-state index contributed by atoms with van der Waals surface area (Å²) in [5.74, 6) is 1.16. The maximum Gasteiger partial charge on any atom is 0.227 e. The van der Waals surface area contributed by atoms with Crippen molar-refractivity contribution in [2.45, 2.75) is 39.2 Å². The van der Waals surface area contributed by atoms with Gasteiger partial charge in [-0.25, -0.2) is 4.98 Å². The van der Waals surface area contributed by atoms with Crippen molar-refractivity contribution < 1.29 is 14.3 Å². The summed E-state index contributed by atoms with van der Waals surface area (Å²) in [6.07, 6.45) is 7.10. The lowest BCUT2D eigenvalue weighted by Crippen LogP contribution is -2.18. The van der Waals surface area contributed by atoms with Gasteiger partial charge in [0.05, 0.1) is 6.61 Å². The highest BCUT2D eigenvalue weighted by Crippen LogP contribution is 2.35. The minimum atomic E-state index is -0.0459. The summed E-state index contributed by atoms with van der Waals surface area (Å²) in [4.78, 5) is 4.76. The summed E-state index contributed by atoms with van der Waals surface area (Å²) in [7, 11) is 0. The molecule has 0 spiro atoms. The molecule has 6 nitrogen and oxygen atoms in total. The van der Waals surface area contributed by atoms with Gasteiger partial charge < -0.3 is 19.6 Å². The Kier molecular flexibility index (Phi) is 6.66. The Morgan fingerprint density at radius 2 is 2.13 bits per heavy atom. The molecule has 0 unspecified atom stereocenters. The number of allylic oxidation sites excluding steroid dienone is 2. The Labute approximate surface area is 182 Å². The average molecular weight is 418 g/mol. The number of aliphatic hydroxyl groups excluding tert-OH is 1. The lowest BCUT2D eigenvalue weighted by Gasteiger charge is -2.16. The van der Waals surface area contributed by atoms with Crippen LogP contribution in [-0.4, -0.2) is 29.8 Å². The number of hydrogen-bond donors (Lipinski definition) is 2. The van der Waals surface area contributed by atoms with Crippen LogP contribution < -0.4 is 10.1 Å². The predicted molar refractivity (Wildman–Crippen MR) is 121 cm³/mol. The van der Waals surface area contributed by atoms with E-state index < -0.39 is 0 Å². The summed E-state index contributed by atoms with van der Waals surface area (Å²) < 4.78 is 11.7. The molecule has 2 N–H and O–H groups in total. The zero-order valence-corrected chi connectivity index (χ0v) is 17.8. The van der Waals surface area contributed by atoms with E-state index in [1.165, 1.54) is 29.5 Å². The third-order valence-electron chi connectivity index (χ3n) is 5.67. The normalized spacial score (nSPS) is 13.8. The van der Waals surface area contributed by atoms with Crippen LogP contribution in [-0.2, 0) is 6.54 Å². The van der Waals surface area contributed by atoms with Crippen molar-refractivity contribution in [3.63, 3.8) is 0 Å². The van der Waals surface area contributed by atoms with Crippen molar-refractivity contribution in [2.75, 3.05) is 19.8 Å². The standard InChI is InChI=1S/C25H27N3O3/c1-17-20(18-6-3-2-4-7-18)8-5-9-21(17)25-28-22-14-19(16-27-11-12-29)23(30-13-10-26)15-24(22)31-25/h5-6,8-9,14-15,27,29H,2-4,7,11-13,16H2,1H3. The molecular weight excluding hydrogens is 390 g/mol. The second kappa shape index (κ2) is 9.78. The highest BCUT2D eigenvalue weighted by atomic mass is 16.5. The van der Waals surface area contributed by atoms with E-state index in [1.54, 1.807) is 6.07 Å². The number of rotatable bonds is 8. The Morgan fingerprint density at radius 1 is 1.26 bits per heavy atom. The van der Waals surface area contributed by atoms with E-state index in [4.69, 9.17) is 24.5 Å². The van der Waals surface area contributed by atoms with Gasteiger partial charge in [0.2, 0.25) is 5.89 Å². The number of nitrogens with one attached hydrogen (secondary N) is 1. The maximum absolute atomic E-state index is 9.03. The lowest BCUT2D eigenvalue weighted by atomic mass is 9.89. The fourth-order valence-electron chi connectivity index (χ4n) is 4.10. The molecule has 0 saturated carbocycles. The van der Waals surface area contributed by atoms with Gasteiger partial charge in [-0.05, 0) is 61.4 Å². The van der Waals surface area contributed by atoms with Crippen LogP contribution in [0.5, 0.6) is 5.75 Å². The minimum absolute atomic E-state index is 0.0459. The highest BCUT2D eigenvalue weighted by Gasteiger charge is 2.17. The third kappa shape index (κ3) is 4.63. The first-order valence-corrected chi connectivity index (χ1v) is 10.8. The molecule has 0 bridgehead atoms. The van der Waals surface area contributed by atoms with E-state index in [2.05, 4.69) is 30.4 Å². The zero-order chi connectivity index (χ0) is 21.6. The molecule has 1 aliphatic carbocycles. The molecule has 1 aliphatic rings. The SMILES string of the molecule is Cc1c(C2=CCCCC2)cccc1-c1nc2cc(CNCCO)c(OCC#N)cc2o1. The minimum Gasteiger partial charge on any atom is -0.478 e. The second-order valence-corrected chi connectivity index (χ2v) is 7.75. The first-order chi connectivity index (χ1) is 15.2. The summed E-state index contributed by atoms with van der Waals surface area (Å²) in [6, 6.07) is 12.0. The van der Waals surface area contributed by atoms with Crippen LogP contribution in [0.4, 0.5) is 0 Å². The number of nitriles is 1. The van der Waals surface area contributed by atoms with E-state index in [0.717, 1.165) is 29.5 Å². The molecule has 4 rings (SSSR count). The molecule has 31 heavy (non-hydrogen) atoms. The average Bonchev–Trinajstić information content (AvgIpc) is 3.21. The van der Waals surface area contributed by atoms with E-state index in [9.17, 15) is 0 Å².